The standard InChI is InChI=1S/C18H21ClN2O3/c1-18(2,3)24-21(14-7-10-16(19)20-12-14)17(22)11-13-5-8-15(23-4)9-6-13/h5-10,12H,11H2,1-4H3. The van der Waals surface area contributed by atoms with E-state index < -0.39 is 5.60 Å². The molecule has 6 heteroatoms. The molecule has 5 nitrogen and oxygen atoms in total. The first-order valence-electron chi connectivity index (χ1n) is 7.55. The van der Waals surface area contributed by atoms with Gasteiger partial charge in [-0.3, -0.25) is 9.63 Å². The molecule has 0 bridgehead atoms. The number of hydrogen-bond acceptors (Lipinski definition) is 4. The van der Waals surface area contributed by atoms with E-state index in [-0.39, 0.29) is 12.3 Å². The number of methoxy groups -OCH3 is 1. The highest BCUT2D eigenvalue weighted by molar-refractivity contribution is 6.29. The van der Waals surface area contributed by atoms with Crippen molar-refractivity contribution in [3.8, 4) is 5.75 Å². The molecule has 2 aromatic rings. The summed E-state index contributed by atoms with van der Waals surface area (Å²) >= 11 is 5.82. The summed E-state index contributed by atoms with van der Waals surface area (Å²) in [6.07, 6.45) is 1.71. The lowest BCUT2D eigenvalue weighted by Crippen LogP contribution is -2.39. The van der Waals surface area contributed by atoms with Gasteiger partial charge >= 0.3 is 0 Å². The van der Waals surface area contributed by atoms with Gasteiger partial charge in [0.2, 0.25) is 0 Å². The minimum Gasteiger partial charge on any atom is -0.497 e. The van der Waals surface area contributed by atoms with Gasteiger partial charge in [-0.1, -0.05) is 23.7 Å². The third-order valence-electron chi connectivity index (χ3n) is 3.05. The Morgan fingerprint density at radius 3 is 2.33 bits per heavy atom. The second kappa shape index (κ2) is 7.64. The third-order valence-corrected chi connectivity index (χ3v) is 3.28. The Labute approximate surface area is 147 Å². The average molecular weight is 349 g/mol. The molecule has 1 amide bonds. The number of benzene rings is 1. The van der Waals surface area contributed by atoms with Crippen molar-refractivity contribution in [3.05, 3.63) is 53.3 Å². The number of ether oxygens (including phenoxy) is 1. The maximum Gasteiger partial charge on any atom is 0.255 e. The molecule has 1 heterocycles. The zero-order valence-corrected chi connectivity index (χ0v) is 15.0. The minimum atomic E-state index is -0.533. The van der Waals surface area contributed by atoms with Crippen molar-refractivity contribution in [2.75, 3.05) is 12.2 Å². The highest BCUT2D eigenvalue weighted by Gasteiger charge is 2.24. The Bertz CT molecular complexity index is 679. The average Bonchev–Trinajstić information content (AvgIpc) is 2.53. The molecule has 0 aliphatic carbocycles. The Balaban J connectivity index is 2.21. The van der Waals surface area contributed by atoms with Crippen molar-refractivity contribution in [2.24, 2.45) is 0 Å². The number of pyridine rings is 1. The number of aromatic nitrogens is 1. The molecular formula is C18H21ClN2O3. The fourth-order valence-electron chi connectivity index (χ4n) is 2.00. The first-order valence-corrected chi connectivity index (χ1v) is 7.93. The Kier molecular flexibility index (Phi) is 5.80. The van der Waals surface area contributed by atoms with Crippen molar-refractivity contribution in [1.82, 2.24) is 4.98 Å². The molecule has 24 heavy (non-hydrogen) atoms. The Morgan fingerprint density at radius 1 is 1.17 bits per heavy atom. The fraction of sp³-hybridized carbons (Fsp3) is 0.333. The quantitative estimate of drug-likeness (QED) is 0.604. The van der Waals surface area contributed by atoms with E-state index in [9.17, 15) is 4.79 Å². The predicted molar refractivity (Wildman–Crippen MR) is 94.3 cm³/mol. The topological polar surface area (TPSA) is 51.7 Å². The van der Waals surface area contributed by atoms with E-state index in [2.05, 4.69) is 4.98 Å². The highest BCUT2D eigenvalue weighted by Crippen LogP contribution is 2.22. The van der Waals surface area contributed by atoms with E-state index in [1.165, 1.54) is 11.3 Å². The number of halogens is 1. The van der Waals surface area contributed by atoms with Crippen LogP contribution in [0.5, 0.6) is 5.75 Å². The Hall–Kier alpha value is -2.11. The van der Waals surface area contributed by atoms with Crippen LogP contribution >= 0.6 is 11.6 Å². The maximum atomic E-state index is 12.7. The maximum absolute atomic E-state index is 12.7. The zero-order chi connectivity index (χ0) is 17.7. The molecule has 0 N–H and O–H groups in total. The van der Waals surface area contributed by atoms with Crippen molar-refractivity contribution >= 4 is 23.2 Å². The molecule has 0 radical (unpaired) electrons. The Morgan fingerprint density at radius 2 is 1.83 bits per heavy atom. The molecule has 0 saturated carbocycles. The molecule has 0 aliphatic rings. The summed E-state index contributed by atoms with van der Waals surface area (Å²) in [6, 6.07) is 10.7. The van der Waals surface area contributed by atoms with Gasteiger partial charge in [0.15, 0.2) is 0 Å². The molecule has 0 saturated heterocycles. The number of carbonyl (C=O) groups is 1. The largest absolute Gasteiger partial charge is 0.497 e. The molecule has 0 unspecified atom stereocenters. The van der Waals surface area contributed by atoms with E-state index in [1.807, 2.05) is 45.0 Å². The lowest BCUT2D eigenvalue weighted by Gasteiger charge is -2.29. The van der Waals surface area contributed by atoms with E-state index >= 15 is 0 Å². The zero-order valence-electron chi connectivity index (χ0n) is 14.2. The second-order valence-corrected chi connectivity index (χ2v) is 6.64. The first kappa shape index (κ1) is 18.2. The molecule has 0 fully saturated rings. The van der Waals surface area contributed by atoms with Crippen LogP contribution in [0.25, 0.3) is 0 Å². The van der Waals surface area contributed by atoms with Gasteiger partial charge in [0.1, 0.15) is 10.9 Å². The van der Waals surface area contributed by atoms with Gasteiger partial charge in [0.05, 0.1) is 31.0 Å². The van der Waals surface area contributed by atoms with Gasteiger partial charge in [-0.2, -0.15) is 5.06 Å². The van der Waals surface area contributed by atoms with E-state index in [1.54, 1.807) is 19.2 Å². The summed E-state index contributed by atoms with van der Waals surface area (Å²) in [4.78, 5) is 22.6. The molecular weight excluding hydrogens is 328 g/mol. The summed E-state index contributed by atoms with van der Waals surface area (Å²) in [5, 5.41) is 1.63. The van der Waals surface area contributed by atoms with Gasteiger partial charge in [-0.25, -0.2) is 4.98 Å². The van der Waals surface area contributed by atoms with Crippen LogP contribution in [-0.2, 0) is 16.1 Å². The van der Waals surface area contributed by atoms with Crippen LogP contribution in [-0.4, -0.2) is 23.6 Å². The second-order valence-electron chi connectivity index (χ2n) is 6.26. The normalized spacial score (nSPS) is 11.2. The van der Waals surface area contributed by atoms with E-state index in [4.69, 9.17) is 21.2 Å². The van der Waals surface area contributed by atoms with Crippen LogP contribution in [0.3, 0.4) is 0 Å². The number of carbonyl (C=O) groups excluding carboxylic acids is 1. The predicted octanol–water partition coefficient (Wildman–Crippen LogP) is 4.05. The van der Waals surface area contributed by atoms with E-state index in [0.29, 0.717) is 10.8 Å². The van der Waals surface area contributed by atoms with Crippen LogP contribution < -0.4 is 9.80 Å². The fourth-order valence-corrected chi connectivity index (χ4v) is 2.11. The molecule has 128 valence electrons. The first-order chi connectivity index (χ1) is 11.3. The molecule has 2 rings (SSSR count). The summed E-state index contributed by atoms with van der Waals surface area (Å²) in [5.41, 5.74) is 0.868. The lowest BCUT2D eigenvalue weighted by molar-refractivity contribution is -0.131. The monoisotopic (exact) mass is 348 g/mol. The van der Waals surface area contributed by atoms with Gasteiger partial charge in [-0.15, -0.1) is 0 Å². The molecule has 0 spiro atoms. The van der Waals surface area contributed by atoms with Crippen LogP contribution in [0.4, 0.5) is 5.69 Å². The third kappa shape index (κ3) is 5.22. The van der Waals surface area contributed by atoms with Crippen LogP contribution in [0.1, 0.15) is 26.3 Å². The summed E-state index contributed by atoms with van der Waals surface area (Å²) in [7, 11) is 1.60. The van der Waals surface area contributed by atoms with Gasteiger partial charge in [0.25, 0.3) is 5.91 Å². The number of anilines is 1. The number of hydrogen-bond donors (Lipinski definition) is 0. The molecule has 1 aromatic heterocycles. The van der Waals surface area contributed by atoms with Crippen molar-refractivity contribution < 1.29 is 14.4 Å². The minimum absolute atomic E-state index is 0.195. The van der Waals surface area contributed by atoms with Crippen LogP contribution in [0.15, 0.2) is 42.6 Å². The van der Waals surface area contributed by atoms with Crippen LogP contribution in [0.2, 0.25) is 5.15 Å². The van der Waals surface area contributed by atoms with Crippen LogP contribution in [0, 0.1) is 0 Å². The summed E-state index contributed by atoms with van der Waals surface area (Å²) in [5.74, 6) is 0.551. The highest BCUT2D eigenvalue weighted by atomic mass is 35.5. The summed E-state index contributed by atoms with van der Waals surface area (Å²) in [6.45, 7) is 5.64. The van der Waals surface area contributed by atoms with Gasteiger partial charge in [-0.05, 0) is 50.6 Å². The number of hydroxylamine groups is 1. The molecule has 1 aromatic carbocycles. The van der Waals surface area contributed by atoms with Gasteiger partial charge in [0, 0.05) is 0 Å². The molecule has 0 atom stereocenters. The summed E-state index contributed by atoms with van der Waals surface area (Å²) < 4.78 is 5.13. The van der Waals surface area contributed by atoms with Crippen molar-refractivity contribution in [2.45, 2.75) is 32.8 Å². The van der Waals surface area contributed by atoms with E-state index in [0.717, 1.165) is 11.3 Å². The van der Waals surface area contributed by atoms with Gasteiger partial charge < -0.3 is 4.74 Å². The number of rotatable bonds is 5. The number of nitrogens with zero attached hydrogens (tertiary/aromatic N) is 2. The van der Waals surface area contributed by atoms with Crippen molar-refractivity contribution in [1.29, 1.82) is 0 Å². The SMILES string of the molecule is COc1ccc(CC(=O)N(OC(C)(C)C)c2ccc(Cl)nc2)cc1. The van der Waals surface area contributed by atoms with Crippen molar-refractivity contribution in [3.63, 3.8) is 0 Å². The number of amides is 1. The smallest absolute Gasteiger partial charge is 0.255 e. The molecule has 0 aliphatic heterocycles. The lowest BCUT2D eigenvalue weighted by atomic mass is 10.1.